The number of nitrogens with zero attached hydrogens (tertiary/aromatic N) is 2. The lowest BCUT2D eigenvalue weighted by Crippen LogP contribution is -2.17. The van der Waals surface area contributed by atoms with Gasteiger partial charge in [0.05, 0.1) is 18.2 Å². The van der Waals surface area contributed by atoms with Crippen molar-refractivity contribution in [3.8, 4) is 11.5 Å². The van der Waals surface area contributed by atoms with Crippen LogP contribution in [0.2, 0.25) is 0 Å². The summed E-state index contributed by atoms with van der Waals surface area (Å²) in [4.78, 5) is 19.9. The van der Waals surface area contributed by atoms with Gasteiger partial charge in [-0.1, -0.05) is 17.3 Å². The number of aromatic carboxylic acids is 1. The van der Waals surface area contributed by atoms with Gasteiger partial charge in [0.25, 0.3) is 0 Å². The number of oxime groups is 1. The van der Waals surface area contributed by atoms with E-state index >= 15 is 0 Å². The third-order valence-electron chi connectivity index (χ3n) is 3.32. The Morgan fingerprint density at radius 1 is 1.19 bits per heavy atom. The summed E-state index contributed by atoms with van der Waals surface area (Å²) in [7, 11) is 0. The summed E-state index contributed by atoms with van der Waals surface area (Å²) in [5, 5.41) is 12.7. The van der Waals surface area contributed by atoms with Crippen LogP contribution in [0.1, 0.15) is 28.4 Å². The highest BCUT2D eigenvalue weighted by Crippen LogP contribution is 2.30. The average molecular weight is 368 g/mol. The smallest absolute Gasteiger partial charge is 0.478 e. The molecule has 2 heterocycles. The van der Waals surface area contributed by atoms with Gasteiger partial charge in [-0.05, 0) is 23.8 Å². The van der Waals surface area contributed by atoms with Crippen molar-refractivity contribution < 1.29 is 37.4 Å². The third kappa shape index (κ3) is 4.41. The predicted molar refractivity (Wildman–Crippen MR) is 80.8 cm³/mol. The number of rotatable bonds is 4. The minimum atomic E-state index is -4.76. The number of benzene rings is 1. The van der Waals surface area contributed by atoms with Crippen molar-refractivity contribution in [2.45, 2.75) is 18.9 Å². The lowest BCUT2D eigenvalue weighted by Gasteiger charge is -2.11. The highest BCUT2D eigenvalue weighted by molar-refractivity contribution is 5.88. The maximum Gasteiger partial charge on any atom is 0.573 e. The Balaban J connectivity index is 1.61. The normalized spacial score (nSPS) is 16.6. The van der Waals surface area contributed by atoms with Crippen molar-refractivity contribution in [2.75, 3.05) is 0 Å². The van der Waals surface area contributed by atoms with E-state index in [9.17, 15) is 18.0 Å². The summed E-state index contributed by atoms with van der Waals surface area (Å²) >= 11 is 0. The van der Waals surface area contributed by atoms with Crippen LogP contribution in [0, 0.1) is 0 Å². The molecule has 0 fully saturated rings. The SMILES string of the molecule is O=C(O)c1cncc(OC2=NO[C@H](c3ccc(OC(F)(F)F)cc3)C2)c1. The van der Waals surface area contributed by atoms with Crippen LogP contribution in [-0.4, -0.2) is 28.3 Å². The number of pyridine rings is 1. The molecule has 26 heavy (non-hydrogen) atoms. The summed E-state index contributed by atoms with van der Waals surface area (Å²) in [5.41, 5.74) is 0.540. The second-order valence-electron chi connectivity index (χ2n) is 5.22. The molecule has 136 valence electrons. The second-order valence-corrected chi connectivity index (χ2v) is 5.22. The molecule has 1 aliphatic heterocycles. The van der Waals surface area contributed by atoms with E-state index in [0.29, 0.717) is 5.56 Å². The van der Waals surface area contributed by atoms with Gasteiger partial charge in [-0.25, -0.2) is 4.79 Å². The number of halogens is 3. The molecule has 3 rings (SSSR count). The molecule has 0 spiro atoms. The number of carboxylic acid groups (broad SMARTS) is 1. The molecule has 0 saturated heterocycles. The first kappa shape index (κ1) is 17.5. The third-order valence-corrected chi connectivity index (χ3v) is 3.32. The van der Waals surface area contributed by atoms with E-state index in [1.54, 1.807) is 0 Å². The largest absolute Gasteiger partial charge is 0.573 e. The second kappa shape index (κ2) is 6.90. The van der Waals surface area contributed by atoms with E-state index in [4.69, 9.17) is 14.7 Å². The lowest BCUT2D eigenvalue weighted by atomic mass is 10.1. The molecular formula is C16H11F3N2O5. The van der Waals surface area contributed by atoms with Crippen LogP contribution < -0.4 is 9.47 Å². The van der Waals surface area contributed by atoms with Crippen LogP contribution in [0.5, 0.6) is 11.5 Å². The fourth-order valence-corrected chi connectivity index (χ4v) is 2.21. The molecule has 0 bridgehead atoms. The Kier molecular flexibility index (Phi) is 4.65. The zero-order valence-electron chi connectivity index (χ0n) is 12.9. The van der Waals surface area contributed by atoms with Crippen LogP contribution in [-0.2, 0) is 4.84 Å². The standard InChI is InChI=1S/C16H11F3N2O5/c17-16(18,19)25-11-3-1-9(2-4-11)13-6-14(21-26-13)24-12-5-10(15(22)23)7-20-8-12/h1-5,7-8,13H,6H2,(H,22,23)/t13-/m0/s1. The molecule has 0 aliphatic carbocycles. The molecule has 10 heteroatoms. The zero-order valence-corrected chi connectivity index (χ0v) is 12.9. The molecule has 7 nitrogen and oxygen atoms in total. The Labute approximate surface area is 144 Å². The molecule has 0 saturated carbocycles. The molecule has 2 aromatic rings. The van der Waals surface area contributed by atoms with Gasteiger partial charge >= 0.3 is 12.3 Å². The highest BCUT2D eigenvalue weighted by Gasteiger charge is 2.31. The lowest BCUT2D eigenvalue weighted by molar-refractivity contribution is -0.274. The van der Waals surface area contributed by atoms with Crippen molar-refractivity contribution in [2.24, 2.45) is 5.16 Å². The average Bonchev–Trinajstić information content (AvgIpc) is 3.03. The number of ether oxygens (including phenoxy) is 2. The van der Waals surface area contributed by atoms with E-state index < -0.39 is 18.4 Å². The van der Waals surface area contributed by atoms with E-state index in [-0.39, 0.29) is 29.4 Å². The first-order valence-corrected chi connectivity index (χ1v) is 7.25. The maximum absolute atomic E-state index is 12.2. The predicted octanol–water partition coefficient (Wildman–Crippen LogP) is 3.53. The molecule has 1 atom stereocenters. The van der Waals surface area contributed by atoms with Gasteiger partial charge < -0.3 is 19.4 Å². The Hall–Kier alpha value is -3.30. The molecule has 0 unspecified atom stereocenters. The van der Waals surface area contributed by atoms with Gasteiger partial charge in [-0.15, -0.1) is 13.2 Å². The minimum absolute atomic E-state index is 0.0428. The number of carbonyl (C=O) groups is 1. The minimum Gasteiger partial charge on any atom is -0.478 e. The summed E-state index contributed by atoms with van der Waals surface area (Å²) in [6.45, 7) is 0. The number of hydrogen-bond donors (Lipinski definition) is 1. The van der Waals surface area contributed by atoms with Crippen LogP contribution in [0.25, 0.3) is 0 Å². The summed E-state index contributed by atoms with van der Waals surface area (Å²) in [5.74, 6) is -1.11. The number of aromatic nitrogens is 1. The number of alkyl halides is 3. The van der Waals surface area contributed by atoms with Crippen LogP contribution in [0.4, 0.5) is 13.2 Å². The molecule has 1 N–H and O–H groups in total. The monoisotopic (exact) mass is 368 g/mol. The molecule has 0 amide bonds. The molecule has 0 radical (unpaired) electrons. The molecule has 1 aromatic heterocycles. The van der Waals surface area contributed by atoms with Gasteiger partial charge in [0.2, 0.25) is 5.90 Å². The molecular weight excluding hydrogens is 357 g/mol. The van der Waals surface area contributed by atoms with Crippen molar-refractivity contribution >= 4 is 11.9 Å². The summed E-state index contributed by atoms with van der Waals surface area (Å²) in [6.07, 6.45) is -2.58. The van der Waals surface area contributed by atoms with Crippen molar-refractivity contribution in [1.29, 1.82) is 0 Å². The number of carboxylic acids is 1. The number of hydrogen-bond acceptors (Lipinski definition) is 6. The van der Waals surface area contributed by atoms with E-state index in [1.807, 2.05) is 0 Å². The fraction of sp³-hybridized carbons (Fsp3) is 0.188. The Bertz CT molecular complexity index is 837. The van der Waals surface area contributed by atoms with Crippen molar-refractivity contribution in [1.82, 2.24) is 4.98 Å². The maximum atomic E-state index is 12.2. The van der Waals surface area contributed by atoms with Crippen LogP contribution in [0.15, 0.2) is 47.9 Å². The highest BCUT2D eigenvalue weighted by atomic mass is 19.4. The van der Waals surface area contributed by atoms with E-state index in [1.165, 1.54) is 42.7 Å². The van der Waals surface area contributed by atoms with Crippen molar-refractivity contribution in [3.05, 3.63) is 53.9 Å². The van der Waals surface area contributed by atoms with Gasteiger partial charge in [-0.3, -0.25) is 4.98 Å². The van der Waals surface area contributed by atoms with Gasteiger partial charge in [-0.2, -0.15) is 0 Å². The van der Waals surface area contributed by atoms with Crippen LogP contribution in [0.3, 0.4) is 0 Å². The first-order valence-electron chi connectivity index (χ1n) is 7.25. The van der Waals surface area contributed by atoms with Crippen molar-refractivity contribution in [3.63, 3.8) is 0 Å². The van der Waals surface area contributed by atoms with Gasteiger partial charge in [0, 0.05) is 6.20 Å². The van der Waals surface area contributed by atoms with E-state index in [0.717, 1.165) is 0 Å². The zero-order chi connectivity index (χ0) is 18.7. The Morgan fingerprint density at radius 3 is 2.58 bits per heavy atom. The van der Waals surface area contributed by atoms with Crippen LogP contribution >= 0.6 is 0 Å². The van der Waals surface area contributed by atoms with Gasteiger partial charge in [0.15, 0.2) is 6.10 Å². The quantitative estimate of drug-likeness (QED) is 0.888. The first-order chi connectivity index (χ1) is 12.3. The molecule has 1 aliphatic rings. The fourth-order valence-electron chi connectivity index (χ4n) is 2.21. The summed E-state index contributed by atoms with van der Waals surface area (Å²) < 4.78 is 45.7. The topological polar surface area (TPSA) is 90.2 Å². The van der Waals surface area contributed by atoms with Gasteiger partial charge in [0.1, 0.15) is 11.5 Å². The Morgan fingerprint density at radius 2 is 1.92 bits per heavy atom. The van der Waals surface area contributed by atoms with E-state index in [2.05, 4.69) is 14.9 Å². The summed E-state index contributed by atoms with van der Waals surface area (Å²) in [6, 6.07) is 6.48. The molecule has 1 aromatic carbocycles.